The quantitative estimate of drug-likeness (QED) is 0.478. The summed E-state index contributed by atoms with van der Waals surface area (Å²) in [4.78, 5) is 32.5. The number of rotatable bonds is 8. The van der Waals surface area contributed by atoms with E-state index in [-0.39, 0.29) is 24.8 Å². The normalized spacial score (nSPS) is 15.4. The van der Waals surface area contributed by atoms with Crippen molar-refractivity contribution >= 4 is 11.9 Å². The van der Waals surface area contributed by atoms with Gasteiger partial charge < -0.3 is 14.4 Å². The number of amides is 1. The lowest BCUT2D eigenvalue weighted by atomic mass is 10.1. The molecule has 0 radical (unpaired) electrons. The number of hydrogen-bond acceptors (Lipinski definition) is 6. The lowest BCUT2D eigenvalue weighted by Crippen LogP contribution is -2.49. The van der Waals surface area contributed by atoms with Crippen molar-refractivity contribution in [3.8, 4) is 0 Å². The van der Waals surface area contributed by atoms with Gasteiger partial charge in [-0.3, -0.25) is 9.69 Å². The number of aryl methyl sites for hydroxylation is 1. The number of alkyl halides is 3. The van der Waals surface area contributed by atoms with Gasteiger partial charge >= 0.3 is 12.1 Å². The van der Waals surface area contributed by atoms with Gasteiger partial charge in [0.15, 0.2) is 0 Å². The molecule has 2 rings (SSSR count). The first-order valence-electron chi connectivity index (χ1n) is 9.52. The molecule has 1 fully saturated rings. The molecule has 1 aromatic rings. The summed E-state index contributed by atoms with van der Waals surface area (Å²) in [5.41, 5.74) is 1.04. The van der Waals surface area contributed by atoms with Gasteiger partial charge in [0.2, 0.25) is 0 Å². The average molecular weight is 417 g/mol. The number of nitrogens with zero attached hydrogens (tertiary/aromatic N) is 3. The third-order valence-corrected chi connectivity index (χ3v) is 4.49. The molecule has 1 aromatic heterocycles. The highest BCUT2D eigenvalue weighted by atomic mass is 19.4. The van der Waals surface area contributed by atoms with Crippen molar-refractivity contribution in [2.24, 2.45) is 0 Å². The Hall–Kier alpha value is -2.20. The van der Waals surface area contributed by atoms with Gasteiger partial charge in [-0.05, 0) is 32.4 Å². The van der Waals surface area contributed by atoms with E-state index >= 15 is 0 Å². The smallest absolute Gasteiger partial charge is 0.411 e. The van der Waals surface area contributed by atoms with Crippen LogP contribution in [0.4, 0.5) is 13.2 Å². The zero-order chi connectivity index (χ0) is 21.4. The zero-order valence-electron chi connectivity index (χ0n) is 16.6. The molecule has 0 bridgehead atoms. The molecular formula is C19H26F3N3O4. The van der Waals surface area contributed by atoms with E-state index < -0.39 is 18.8 Å². The molecule has 0 saturated carbocycles. The zero-order valence-corrected chi connectivity index (χ0v) is 16.6. The van der Waals surface area contributed by atoms with E-state index in [1.54, 1.807) is 24.8 Å². The highest BCUT2D eigenvalue weighted by molar-refractivity contribution is 5.95. The topological polar surface area (TPSA) is 72.0 Å². The van der Waals surface area contributed by atoms with Gasteiger partial charge in [-0.2, -0.15) is 13.2 Å². The van der Waals surface area contributed by atoms with E-state index in [0.717, 1.165) is 0 Å². The molecule has 1 aliphatic heterocycles. The first kappa shape index (κ1) is 23.1. The predicted octanol–water partition coefficient (Wildman–Crippen LogP) is 2.29. The fourth-order valence-corrected chi connectivity index (χ4v) is 3.02. The van der Waals surface area contributed by atoms with Gasteiger partial charge in [0.05, 0.1) is 17.9 Å². The molecule has 162 valence electrons. The fourth-order valence-electron chi connectivity index (χ4n) is 3.02. The molecule has 1 aliphatic rings. The van der Waals surface area contributed by atoms with E-state index in [1.807, 2.05) is 0 Å². The van der Waals surface area contributed by atoms with Crippen LogP contribution in [0.1, 0.15) is 39.9 Å². The molecule has 0 spiro atoms. The third-order valence-electron chi connectivity index (χ3n) is 4.49. The fraction of sp³-hybridized carbons (Fsp3) is 0.632. The first-order valence-corrected chi connectivity index (χ1v) is 9.52. The largest absolute Gasteiger partial charge is 0.462 e. The highest BCUT2D eigenvalue weighted by Crippen LogP contribution is 2.15. The minimum absolute atomic E-state index is 0.0503. The number of hydrogen-bond donors (Lipinski definition) is 0. The molecule has 0 aliphatic carbocycles. The van der Waals surface area contributed by atoms with Gasteiger partial charge in [0.1, 0.15) is 12.3 Å². The highest BCUT2D eigenvalue weighted by Gasteiger charge is 2.27. The number of aromatic nitrogens is 1. The van der Waals surface area contributed by atoms with Crippen molar-refractivity contribution in [3.63, 3.8) is 0 Å². The monoisotopic (exact) mass is 417 g/mol. The number of halogens is 3. The summed E-state index contributed by atoms with van der Waals surface area (Å²) in [5, 5.41) is 0. The van der Waals surface area contributed by atoms with Crippen molar-refractivity contribution in [1.82, 2.24) is 14.8 Å². The predicted molar refractivity (Wildman–Crippen MR) is 98.8 cm³/mol. The Morgan fingerprint density at radius 3 is 2.45 bits per heavy atom. The maximum absolute atomic E-state index is 12.7. The van der Waals surface area contributed by atoms with Crippen LogP contribution < -0.4 is 0 Å². The summed E-state index contributed by atoms with van der Waals surface area (Å²) in [6.45, 7) is 5.34. The van der Waals surface area contributed by atoms with E-state index in [4.69, 9.17) is 4.74 Å². The van der Waals surface area contributed by atoms with Crippen LogP contribution in [-0.4, -0.2) is 85.4 Å². The molecule has 1 saturated heterocycles. The number of carbonyl (C=O) groups is 2. The van der Waals surface area contributed by atoms with Crippen LogP contribution in [-0.2, 0) is 9.47 Å². The minimum Gasteiger partial charge on any atom is -0.462 e. The Bertz CT molecular complexity index is 704. The Morgan fingerprint density at radius 1 is 1.17 bits per heavy atom. The number of piperazine rings is 1. The van der Waals surface area contributed by atoms with Crippen LogP contribution in [0.5, 0.6) is 0 Å². The van der Waals surface area contributed by atoms with Crippen molar-refractivity contribution in [2.75, 3.05) is 52.5 Å². The summed E-state index contributed by atoms with van der Waals surface area (Å²) < 4.78 is 45.6. The molecule has 0 aromatic carbocycles. The number of pyridine rings is 1. The third kappa shape index (κ3) is 7.28. The summed E-state index contributed by atoms with van der Waals surface area (Å²) in [6, 6.07) is 3.07. The van der Waals surface area contributed by atoms with Crippen molar-refractivity contribution in [3.05, 3.63) is 29.1 Å². The molecule has 0 N–H and O–H groups in total. The van der Waals surface area contributed by atoms with Crippen molar-refractivity contribution in [1.29, 1.82) is 0 Å². The standard InChI is InChI=1S/C19H26F3N3O4/c1-3-29-18(27)15-5-6-16(23-14(15)2)17(26)25-10-8-24(9-11-25)7-4-12-28-13-19(20,21)22/h5-6H,3-4,7-13H2,1-2H3. The van der Waals surface area contributed by atoms with E-state index in [1.165, 1.54) is 6.07 Å². The van der Waals surface area contributed by atoms with Gasteiger partial charge in [-0.25, -0.2) is 9.78 Å². The number of ether oxygens (including phenoxy) is 2. The second-order valence-electron chi connectivity index (χ2n) is 6.71. The average Bonchev–Trinajstić information content (AvgIpc) is 2.67. The minimum atomic E-state index is -4.30. The lowest BCUT2D eigenvalue weighted by molar-refractivity contribution is -0.174. The van der Waals surface area contributed by atoms with Crippen molar-refractivity contribution in [2.45, 2.75) is 26.4 Å². The Labute approximate surface area is 167 Å². The molecule has 1 amide bonds. The van der Waals surface area contributed by atoms with Gasteiger partial charge in [-0.1, -0.05) is 0 Å². The Kier molecular flexibility index (Phi) is 8.39. The Morgan fingerprint density at radius 2 is 1.86 bits per heavy atom. The van der Waals surface area contributed by atoms with E-state index in [9.17, 15) is 22.8 Å². The van der Waals surface area contributed by atoms with Crippen LogP contribution in [0.15, 0.2) is 12.1 Å². The summed E-state index contributed by atoms with van der Waals surface area (Å²) in [6.07, 6.45) is -3.80. The second kappa shape index (κ2) is 10.5. The lowest BCUT2D eigenvalue weighted by Gasteiger charge is -2.34. The van der Waals surface area contributed by atoms with Crippen LogP contribution in [0.25, 0.3) is 0 Å². The number of carbonyl (C=O) groups excluding carboxylic acids is 2. The molecule has 10 heteroatoms. The van der Waals surface area contributed by atoms with Crippen LogP contribution in [0.3, 0.4) is 0 Å². The van der Waals surface area contributed by atoms with Crippen LogP contribution in [0, 0.1) is 6.92 Å². The van der Waals surface area contributed by atoms with E-state index in [0.29, 0.717) is 50.4 Å². The van der Waals surface area contributed by atoms with Gasteiger partial charge in [0, 0.05) is 39.3 Å². The number of esters is 1. The summed E-state index contributed by atoms with van der Waals surface area (Å²) in [5.74, 6) is -0.680. The maximum atomic E-state index is 12.7. The molecule has 29 heavy (non-hydrogen) atoms. The Balaban J connectivity index is 1.78. The summed E-state index contributed by atoms with van der Waals surface area (Å²) in [7, 11) is 0. The molecule has 0 unspecified atom stereocenters. The molecule has 7 nitrogen and oxygen atoms in total. The second-order valence-corrected chi connectivity index (χ2v) is 6.71. The molecule has 0 atom stereocenters. The van der Waals surface area contributed by atoms with Gasteiger partial charge in [-0.15, -0.1) is 0 Å². The maximum Gasteiger partial charge on any atom is 0.411 e. The van der Waals surface area contributed by atoms with Gasteiger partial charge in [0.25, 0.3) is 5.91 Å². The first-order chi connectivity index (χ1) is 13.7. The van der Waals surface area contributed by atoms with E-state index in [2.05, 4.69) is 14.6 Å². The SMILES string of the molecule is CCOC(=O)c1ccc(C(=O)N2CCN(CCCOCC(F)(F)F)CC2)nc1C. The molecule has 2 heterocycles. The van der Waals surface area contributed by atoms with Crippen LogP contribution in [0.2, 0.25) is 0 Å². The summed E-state index contributed by atoms with van der Waals surface area (Å²) >= 11 is 0. The molecular weight excluding hydrogens is 391 g/mol. The van der Waals surface area contributed by atoms with Crippen LogP contribution >= 0.6 is 0 Å². The van der Waals surface area contributed by atoms with Crippen molar-refractivity contribution < 1.29 is 32.2 Å².